The second-order valence-electron chi connectivity index (χ2n) is 6.37. The molecule has 0 aliphatic heterocycles. The summed E-state index contributed by atoms with van der Waals surface area (Å²) in [7, 11) is 0. The van der Waals surface area contributed by atoms with Crippen molar-refractivity contribution < 1.29 is 0 Å². The maximum atomic E-state index is 3.77. The molecule has 26 heavy (non-hydrogen) atoms. The van der Waals surface area contributed by atoms with E-state index in [-0.39, 0.29) is 0 Å². The number of fused-ring (bicyclic) bond motifs is 2. The highest BCUT2D eigenvalue weighted by Gasteiger charge is 2.11. The van der Waals surface area contributed by atoms with E-state index >= 15 is 0 Å². The molecule has 0 aliphatic carbocycles. The second kappa shape index (κ2) is 7.94. The molecule has 132 valence electrons. The maximum Gasteiger partial charge on any atom is 0.0260 e. The fraction of sp³-hybridized carbons (Fsp3) is 0.167. The SMILES string of the molecule is CC.Cc1ccc2cc(-c3cc4ccc(C)cc4cc3Br)c(Br)cc2c1. The summed E-state index contributed by atoms with van der Waals surface area (Å²) in [4.78, 5) is 0. The minimum Gasteiger partial charge on any atom is -0.0683 e. The Labute approximate surface area is 172 Å². The minimum absolute atomic E-state index is 1.12. The van der Waals surface area contributed by atoms with E-state index in [1.54, 1.807) is 0 Å². The van der Waals surface area contributed by atoms with E-state index in [4.69, 9.17) is 0 Å². The summed E-state index contributed by atoms with van der Waals surface area (Å²) < 4.78 is 2.24. The summed E-state index contributed by atoms with van der Waals surface area (Å²) in [6.07, 6.45) is 0. The van der Waals surface area contributed by atoms with Gasteiger partial charge in [0.2, 0.25) is 0 Å². The molecule has 0 nitrogen and oxygen atoms in total. The third kappa shape index (κ3) is 3.72. The van der Waals surface area contributed by atoms with Gasteiger partial charge in [0.1, 0.15) is 0 Å². The first-order valence-corrected chi connectivity index (χ1v) is 10.5. The average molecular weight is 470 g/mol. The fourth-order valence-electron chi connectivity index (χ4n) is 3.19. The molecular weight excluding hydrogens is 448 g/mol. The molecular formula is C24H22Br2. The summed E-state index contributed by atoms with van der Waals surface area (Å²) in [5.41, 5.74) is 4.98. The zero-order valence-electron chi connectivity index (χ0n) is 15.5. The topological polar surface area (TPSA) is 0 Å². The molecule has 0 aliphatic rings. The molecule has 0 heterocycles. The van der Waals surface area contributed by atoms with Gasteiger partial charge in [-0.2, -0.15) is 0 Å². The first-order valence-electron chi connectivity index (χ1n) is 8.91. The number of halogens is 2. The molecule has 4 aromatic carbocycles. The first kappa shape index (κ1) is 19.1. The van der Waals surface area contributed by atoms with E-state index in [0.29, 0.717) is 0 Å². The number of hydrogen-bond donors (Lipinski definition) is 0. The Kier molecular flexibility index (Phi) is 5.84. The lowest BCUT2D eigenvalue weighted by atomic mass is 9.97. The van der Waals surface area contributed by atoms with E-state index in [1.807, 2.05) is 13.8 Å². The Morgan fingerprint density at radius 1 is 0.500 bits per heavy atom. The second-order valence-corrected chi connectivity index (χ2v) is 8.07. The Balaban J connectivity index is 0.000000948. The van der Waals surface area contributed by atoms with Crippen molar-refractivity contribution in [3.8, 4) is 11.1 Å². The first-order chi connectivity index (χ1) is 12.5. The number of rotatable bonds is 1. The van der Waals surface area contributed by atoms with Crippen molar-refractivity contribution in [2.45, 2.75) is 27.7 Å². The Morgan fingerprint density at radius 3 is 1.27 bits per heavy atom. The van der Waals surface area contributed by atoms with Crippen molar-refractivity contribution in [2.75, 3.05) is 0 Å². The quantitative estimate of drug-likeness (QED) is 0.261. The van der Waals surface area contributed by atoms with Gasteiger partial charge < -0.3 is 0 Å². The van der Waals surface area contributed by atoms with Gasteiger partial charge in [0.05, 0.1) is 0 Å². The van der Waals surface area contributed by atoms with Crippen LogP contribution < -0.4 is 0 Å². The highest BCUT2D eigenvalue weighted by molar-refractivity contribution is 9.11. The molecule has 0 fully saturated rings. The van der Waals surface area contributed by atoms with E-state index in [0.717, 1.165) is 8.95 Å². The van der Waals surface area contributed by atoms with Crippen LogP contribution in [-0.4, -0.2) is 0 Å². The van der Waals surface area contributed by atoms with Crippen LogP contribution in [0.15, 0.2) is 69.6 Å². The van der Waals surface area contributed by atoms with Crippen molar-refractivity contribution in [1.29, 1.82) is 0 Å². The fourth-order valence-corrected chi connectivity index (χ4v) is 4.34. The van der Waals surface area contributed by atoms with Crippen LogP contribution in [0.25, 0.3) is 32.7 Å². The molecule has 0 radical (unpaired) electrons. The summed E-state index contributed by atoms with van der Waals surface area (Å²) in [5, 5.41) is 5.04. The van der Waals surface area contributed by atoms with Crippen LogP contribution in [0, 0.1) is 13.8 Å². The summed E-state index contributed by atoms with van der Waals surface area (Å²) in [5.74, 6) is 0. The summed E-state index contributed by atoms with van der Waals surface area (Å²) in [6.45, 7) is 8.26. The van der Waals surface area contributed by atoms with Gasteiger partial charge in [-0.25, -0.2) is 0 Å². The van der Waals surface area contributed by atoms with Gasteiger partial charge in [-0.1, -0.05) is 93.2 Å². The van der Waals surface area contributed by atoms with Crippen molar-refractivity contribution in [3.05, 3.63) is 80.7 Å². The van der Waals surface area contributed by atoms with Crippen LogP contribution in [0.2, 0.25) is 0 Å². The Bertz CT molecular complexity index is 1010. The average Bonchev–Trinajstić information content (AvgIpc) is 2.62. The number of hydrogen-bond acceptors (Lipinski definition) is 0. The van der Waals surface area contributed by atoms with Crippen LogP contribution in [-0.2, 0) is 0 Å². The van der Waals surface area contributed by atoms with Crippen LogP contribution in [0.1, 0.15) is 25.0 Å². The predicted molar refractivity (Wildman–Crippen MR) is 123 cm³/mol. The van der Waals surface area contributed by atoms with Crippen molar-refractivity contribution >= 4 is 53.4 Å². The molecule has 0 spiro atoms. The highest BCUT2D eigenvalue weighted by Crippen LogP contribution is 2.38. The molecule has 0 bridgehead atoms. The maximum absolute atomic E-state index is 3.77. The van der Waals surface area contributed by atoms with Gasteiger partial charge in [0.25, 0.3) is 0 Å². The Morgan fingerprint density at radius 2 is 0.885 bits per heavy atom. The molecule has 0 atom stereocenters. The molecule has 4 aromatic rings. The molecule has 0 amide bonds. The smallest absolute Gasteiger partial charge is 0.0260 e. The van der Waals surface area contributed by atoms with Crippen LogP contribution in [0.5, 0.6) is 0 Å². The summed E-state index contributed by atoms with van der Waals surface area (Å²) in [6, 6.07) is 22.1. The molecule has 0 aromatic heterocycles. The molecule has 0 unspecified atom stereocenters. The van der Waals surface area contributed by atoms with Crippen LogP contribution in [0.3, 0.4) is 0 Å². The van der Waals surface area contributed by atoms with E-state index in [9.17, 15) is 0 Å². The van der Waals surface area contributed by atoms with Crippen molar-refractivity contribution in [2.24, 2.45) is 0 Å². The molecule has 4 rings (SSSR count). The third-order valence-electron chi connectivity index (χ3n) is 4.45. The zero-order valence-corrected chi connectivity index (χ0v) is 18.7. The molecule has 0 saturated heterocycles. The third-order valence-corrected chi connectivity index (χ3v) is 5.77. The lowest BCUT2D eigenvalue weighted by molar-refractivity contribution is 1.49. The lowest BCUT2D eigenvalue weighted by Gasteiger charge is -2.12. The molecule has 0 saturated carbocycles. The summed E-state index contributed by atoms with van der Waals surface area (Å²) >= 11 is 7.54. The molecule has 2 heteroatoms. The Hall–Kier alpha value is -1.64. The van der Waals surface area contributed by atoms with Crippen molar-refractivity contribution in [1.82, 2.24) is 0 Å². The predicted octanol–water partition coefficient (Wildman–Crippen LogP) is 8.83. The number of benzene rings is 4. The monoisotopic (exact) mass is 468 g/mol. The van der Waals surface area contributed by atoms with Gasteiger partial charge in [0, 0.05) is 8.95 Å². The van der Waals surface area contributed by atoms with E-state index in [2.05, 4.69) is 106 Å². The van der Waals surface area contributed by atoms with Crippen LogP contribution >= 0.6 is 31.9 Å². The van der Waals surface area contributed by atoms with E-state index < -0.39 is 0 Å². The normalized spacial score (nSPS) is 10.7. The lowest BCUT2D eigenvalue weighted by Crippen LogP contribution is -1.86. The number of aryl methyl sites for hydroxylation is 2. The zero-order chi connectivity index (χ0) is 18.8. The molecule has 0 N–H and O–H groups in total. The van der Waals surface area contributed by atoms with Gasteiger partial charge in [0.15, 0.2) is 0 Å². The van der Waals surface area contributed by atoms with Gasteiger partial charge >= 0.3 is 0 Å². The van der Waals surface area contributed by atoms with Gasteiger partial charge in [-0.15, -0.1) is 0 Å². The minimum atomic E-state index is 1.12. The van der Waals surface area contributed by atoms with Crippen LogP contribution in [0.4, 0.5) is 0 Å². The van der Waals surface area contributed by atoms with Gasteiger partial charge in [-0.3, -0.25) is 0 Å². The standard InChI is InChI=1S/C22H16Br2.C2H6/c1-13-3-5-15-9-19(21(23)11-17(15)7-13)20-10-16-6-4-14(2)8-18(16)12-22(20)24;1-2/h3-12H,1-2H3;1-2H3. The van der Waals surface area contributed by atoms with Crippen molar-refractivity contribution in [3.63, 3.8) is 0 Å². The largest absolute Gasteiger partial charge is 0.0683 e. The van der Waals surface area contributed by atoms with E-state index in [1.165, 1.54) is 43.8 Å². The highest BCUT2D eigenvalue weighted by atomic mass is 79.9. The van der Waals surface area contributed by atoms with Gasteiger partial charge in [-0.05, 0) is 70.8 Å².